The van der Waals surface area contributed by atoms with Crippen LogP contribution in [-0.4, -0.2) is 20.8 Å². The van der Waals surface area contributed by atoms with Gasteiger partial charge in [-0.3, -0.25) is 0 Å². The van der Waals surface area contributed by atoms with E-state index in [1.165, 1.54) is 7.11 Å². The second kappa shape index (κ2) is 5.37. The molecule has 0 aliphatic carbocycles. The summed E-state index contributed by atoms with van der Waals surface area (Å²) in [6.07, 6.45) is 0. The molecule has 0 aromatic heterocycles. The van der Waals surface area contributed by atoms with Crippen LogP contribution in [-0.2, 0) is 16.6 Å². The van der Waals surface area contributed by atoms with Gasteiger partial charge in [0.05, 0.1) is 18.0 Å². The number of nitrogen functional groups attached to an aromatic ring is 1. The van der Waals surface area contributed by atoms with Gasteiger partial charge in [0, 0.05) is 6.54 Å². The molecule has 96 valence electrons. The smallest absolute Gasteiger partial charge is 0.214 e. The molecule has 1 rings (SSSR count). The summed E-state index contributed by atoms with van der Waals surface area (Å²) < 4.78 is 30.6. The SMILES string of the molecule is COc1ccc(CNS(=O)(=O)C(C)C)cc1N. The summed E-state index contributed by atoms with van der Waals surface area (Å²) in [5.74, 6) is 0.584. The molecule has 0 aliphatic heterocycles. The molecule has 1 aromatic carbocycles. The summed E-state index contributed by atoms with van der Waals surface area (Å²) in [6.45, 7) is 3.49. The maximum atomic E-state index is 11.5. The van der Waals surface area contributed by atoms with E-state index in [9.17, 15) is 8.42 Å². The molecule has 0 amide bonds. The van der Waals surface area contributed by atoms with Crippen LogP contribution in [0.25, 0.3) is 0 Å². The van der Waals surface area contributed by atoms with Crippen LogP contribution in [0.2, 0.25) is 0 Å². The minimum atomic E-state index is -3.25. The molecule has 0 fully saturated rings. The van der Waals surface area contributed by atoms with Gasteiger partial charge in [0.2, 0.25) is 10.0 Å². The Bertz CT molecular complexity index is 483. The fourth-order valence-corrected chi connectivity index (χ4v) is 1.95. The Morgan fingerprint density at radius 2 is 2.06 bits per heavy atom. The summed E-state index contributed by atoms with van der Waals surface area (Å²) >= 11 is 0. The van der Waals surface area contributed by atoms with E-state index in [4.69, 9.17) is 10.5 Å². The number of rotatable bonds is 5. The monoisotopic (exact) mass is 258 g/mol. The number of hydrogen-bond donors (Lipinski definition) is 2. The van der Waals surface area contributed by atoms with Crippen LogP contribution in [0.4, 0.5) is 5.69 Å². The highest BCUT2D eigenvalue weighted by atomic mass is 32.2. The van der Waals surface area contributed by atoms with Crippen molar-refractivity contribution >= 4 is 15.7 Å². The van der Waals surface area contributed by atoms with Crippen molar-refractivity contribution in [3.8, 4) is 5.75 Å². The number of nitrogens with two attached hydrogens (primary N) is 1. The predicted octanol–water partition coefficient (Wildman–Crippen LogP) is 1.11. The topological polar surface area (TPSA) is 81.4 Å². The Hall–Kier alpha value is -1.27. The molecule has 0 radical (unpaired) electrons. The molecule has 0 saturated heterocycles. The zero-order chi connectivity index (χ0) is 13.1. The number of sulfonamides is 1. The summed E-state index contributed by atoms with van der Waals surface area (Å²) in [6, 6.07) is 5.19. The van der Waals surface area contributed by atoms with E-state index in [1.807, 2.05) is 0 Å². The van der Waals surface area contributed by atoms with Crippen LogP contribution in [0.5, 0.6) is 5.75 Å². The van der Waals surface area contributed by atoms with Gasteiger partial charge in [-0.1, -0.05) is 6.07 Å². The molecule has 6 heteroatoms. The second-order valence-electron chi connectivity index (χ2n) is 3.99. The van der Waals surface area contributed by atoms with Crippen LogP contribution in [0.15, 0.2) is 18.2 Å². The Balaban J connectivity index is 2.74. The van der Waals surface area contributed by atoms with Gasteiger partial charge in [-0.25, -0.2) is 13.1 Å². The molecule has 0 spiro atoms. The van der Waals surface area contributed by atoms with Crippen LogP contribution < -0.4 is 15.2 Å². The maximum Gasteiger partial charge on any atom is 0.214 e. The Kier molecular flexibility index (Phi) is 4.36. The van der Waals surface area contributed by atoms with Crippen LogP contribution in [0.3, 0.4) is 0 Å². The molecular formula is C11H18N2O3S. The van der Waals surface area contributed by atoms with Crippen molar-refractivity contribution in [3.05, 3.63) is 23.8 Å². The van der Waals surface area contributed by atoms with E-state index in [0.29, 0.717) is 11.4 Å². The minimum Gasteiger partial charge on any atom is -0.495 e. The number of benzene rings is 1. The summed E-state index contributed by atoms with van der Waals surface area (Å²) in [7, 11) is -1.71. The van der Waals surface area contributed by atoms with E-state index >= 15 is 0 Å². The summed E-state index contributed by atoms with van der Waals surface area (Å²) in [5.41, 5.74) is 7.02. The van der Waals surface area contributed by atoms with Crippen molar-refractivity contribution in [2.75, 3.05) is 12.8 Å². The zero-order valence-corrected chi connectivity index (χ0v) is 11.0. The van der Waals surface area contributed by atoms with Gasteiger partial charge in [0.1, 0.15) is 5.75 Å². The normalized spacial score (nSPS) is 11.8. The van der Waals surface area contributed by atoms with Gasteiger partial charge >= 0.3 is 0 Å². The largest absolute Gasteiger partial charge is 0.495 e. The Morgan fingerprint density at radius 3 is 2.53 bits per heavy atom. The van der Waals surface area contributed by atoms with Crippen LogP contribution in [0.1, 0.15) is 19.4 Å². The van der Waals surface area contributed by atoms with Crippen LogP contribution >= 0.6 is 0 Å². The quantitative estimate of drug-likeness (QED) is 0.775. The molecular weight excluding hydrogens is 240 g/mol. The van der Waals surface area contributed by atoms with Gasteiger partial charge in [0.25, 0.3) is 0 Å². The Labute approximate surface area is 102 Å². The highest BCUT2D eigenvalue weighted by Gasteiger charge is 2.14. The molecule has 0 saturated carbocycles. The molecule has 0 bridgehead atoms. The summed E-state index contributed by atoms with van der Waals surface area (Å²) in [4.78, 5) is 0. The van der Waals surface area contributed by atoms with Crippen molar-refractivity contribution in [1.82, 2.24) is 4.72 Å². The van der Waals surface area contributed by atoms with E-state index in [-0.39, 0.29) is 6.54 Å². The maximum absolute atomic E-state index is 11.5. The molecule has 0 aliphatic rings. The van der Waals surface area contributed by atoms with Gasteiger partial charge < -0.3 is 10.5 Å². The van der Waals surface area contributed by atoms with E-state index < -0.39 is 15.3 Å². The second-order valence-corrected chi connectivity index (χ2v) is 6.31. The highest BCUT2D eigenvalue weighted by molar-refractivity contribution is 7.90. The minimum absolute atomic E-state index is 0.231. The molecule has 0 heterocycles. The number of methoxy groups -OCH3 is 1. The fraction of sp³-hybridized carbons (Fsp3) is 0.455. The average molecular weight is 258 g/mol. The first kappa shape index (κ1) is 13.8. The third kappa shape index (κ3) is 3.61. The predicted molar refractivity (Wildman–Crippen MR) is 68.3 cm³/mol. The summed E-state index contributed by atoms with van der Waals surface area (Å²) in [5, 5.41) is -0.446. The van der Waals surface area contributed by atoms with Crippen molar-refractivity contribution in [2.24, 2.45) is 0 Å². The number of anilines is 1. The third-order valence-corrected chi connectivity index (χ3v) is 4.18. The average Bonchev–Trinajstić information content (AvgIpc) is 2.26. The van der Waals surface area contributed by atoms with Crippen molar-refractivity contribution in [3.63, 3.8) is 0 Å². The van der Waals surface area contributed by atoms with Crippen molar-refractivity contribution in [2.45, 2.75) is 25.6 Å². The van der Waals surface area contributed by atoms with E-state index in [1.54, 1.807) is 32.0 Å². The lowest BCUT2D eigenvalue weighted by Crippen LogP contribution is -2.30. The molecule has 0 atom stereocenters. The fourth-order valence-electron chi connectivity index (χ4n) is 1.24. The number of hydrogen-bond acceptors (Lipinski definition) is 4. The van der Waals surface area contributed by atoms with Gasteiger partial charge in [-0.15, -0.1) is 0 Å². The van der Waals surface area contributed by atoms with E-state index in [0.717, 1.165) is 5.56 Å². The van der Waals surface area contributed by atoms with E-state index in [2.05, 4.69) is 4.72 Å². The first-order valence-corrected chi connectivity index (χ1v) is 6.82. The first-order chi connectivity index (χ1) is 7.86. The lowest BCUT2D eigenvalue weighted by molar-refractivity contribution is 0.417. The molecule has 17 heavy (non-hydrogen) atoms. The standard InChI is InChI=1S/C11H18N2O3S/c1-8(2)17(14,15)13-7-9-4-5-11(16-3)10(12)6-9/h4-6,8,13H,7,12H2,1-3H3. The van der Waals surface area contributed by atoms with Gasteiger partial charge in [0.15, 0.2) is 0 Å². The van der Waals surface area contributed by atoms with Crippen molar-refractivity contribution < 1.29 is 13.2 Å². The lowest BCUT2D eigenvalue weighted by atomic mass is 10.2. The number of nitrogens with one attached hydrogen (secondary N) is 1. The lowest BCUT2D eigenvalue weighted by Gasteiger charge is -2.11. The molecule has 0 unspecified atom stereocenters. The molecule has 3 N–H and O–H groups in total. The van der Waals surface area contributed by atoms with Gasteiger partial charge in [-0.05, 0) is 31.5 Å². The highest BCUT2D eigenvalue weighted by Crippen LogP contribution is 2.21. The first-order valence-electron chi connectivity index (χ1n) is 5.27. The molecule has 1 aromatic rings. The number of ether oxygens (including phenoxy) is 1. The van der Waals surface area contributed by atoms with Crippen molar-refractivity contribution in [1.29, 1.82) is 0 Å². The van der Waals surface area contributed by atoms with Gasteiger partial charge in [-0.2, -0.15) is 0 Å². The van der Waals surface area contributed by atoms with Crippen LogP contribution in [0, 0.1) is 0 Å². The third-order valence-electron chi connectivity index (χ3n) is 2.39. The molecule has 5 nitrogen and oxygen atoms in total. The Morgan fingerprint density at radius 1 is 1.41 bits per heavy atom. The zero-order valence-electron chi connectivity index (χ0n) is 10.2.